The van der Waals surface area contributed by atoms with Gasteiger partial charge in [-0.05, 0) is 27.7 Å². The summed E-state index contributed by atoms with van der Waals surface area (Å²) in [6.45, 7) is 6.08. The summed E-state index contributed by atoms with van der Waals surface area (Å²) in [6.07, 6.45) is -2.76. The van der Waals surface area contributed by atoms with Gasteiger partial charge in [0.05, 0.1) is 6.61 Å². The van der Waals surface area contributed by atoms with Gasteiger partial charge in [-0.15, -0.1) is 0 Å². The highest BCUT2D eigenvalue weighted by Gasteiger charge is 2.52. The molecule has 12 heteroatoms. The normalized spacial score (nSPS) is 30.0. The summed E-state index contributed by atoms with van der Waals surface area (Å²) < 4.78 is 79.2. The first-order valence-corrected chi connectivity index (χ1v) is 8.80. The lowest BCUT2D eigenvalue weighted by Gasteiger charge is -2.24. The zero-order chi connectivity index (χ0) is 19.7. The van der Waals surface area contributed by atoms with Crippen molar-refractivity contribution in [3.8, 4) is 0 Å². The minimum absolute atomic E-state index is 0.0419. The summed E-state index contributed by atoms with van der Waals surface area (Å²) >= 11 is 0. The standard InChI is InChI=1S/C10H15F3O6S.C3H8O2/c1-9(2)17-5-7(18-9)8-6(3-4-16-8)19-20(14,15)10(11,12)13;1-3(2,4)5/h6-8H,3-5H2,1-2H3;4-5H,1-2H3/t6-,7?,8?;/m1./s1. The number of rotatable bonds is 3. The lowest BCUT2D eigenvalue weighted by Crippen LogP contribution is -2.41. The van der Waals surface area contributed by atoms with Crippen LogP contribution in [0.15, 0.2) is 0 Å². The second-order valence-corrected chi connectivity index (χ2v) is 8.08. The summed E-state index contributed by atoms with van der Waals surface area (Å²) in [7, 11) is -5.65. The lowest BCUT2D eigenvalue weighted by molar-refractivity contribution is -0.157. The molecule has 0 amide bonds. The molecule has 0 spiro atoms. The van der Waals surface area contributed by atoms with Crippen molar-refractivity contribution in [3.63, 3.8) is 0 Å². The van der Waals surface area contributed by atoms with Crippen molar-refractivity contribution in [2.24, 2.45) is 0 Å². The Morgan fingerprint density at radius 1 is 1.20 bits per heavy atom. The van der Waals surface area contributed by atoms with E-state index in [0.717, 1.165) is 0 Å². The van der Waals surface area contributed by atoms with Gasteiger partial charge in [-0.1, -0.05) is 0 Å². The molecule has 150 valence electrons. The zero-order valence-electron chi connectivity index (χ0n) is 14.2. The molecule has 0 radical (unpaired) electrons. The van der Waals surface area contributed by atoms with Gasteiger partial charge >= 0.3 is 15.6 Å². The van der Waals surface area contributed by atoms with Crippen molar-refractivity contribution < 1.29 is 50.2 Å². The number of alkyl halides is 3. The SMILES string of the molecule is CC(C)(O)O.CC1(C)OCC(C2OCC[C@H]2OS(=O)(=O)C(F)(F)F)O1. The van der Waals surface area contributed by atoms with Gasteiger partial charge in [0, 0.05) is 13.0 Å². The minimum Gasteiger partial charge on any atom is -0.373 e. The molecule has 2 N–H and O–H groups in total. The van der Waals surface area contributed by atoms with Crippen molar-refractivity contribution >= 4 is 10.1 Å². The molecule has 8 nitrogen and oxygen atoms in total. The van der Waals surface area contributed by atoms with Crippen molar-refractivity contribution in [3.05, 3.63) is 0 Å². The Labute approximate surface area is 143 Å². The number of hydrogen-bond donors (Lipinski definition) is 2. The molecule has 3 atom stereocenters. The molecule has 2 aliphatic rings. The molecule has 2 unspecified atom stereocenters. The fourth-order valence-corrected chi connectivity index (χ4v) is 2.78. The van der Waals surface area contributed by atoms with Gasteiger partial charge in [-0.25, -0.2) is 0 Å². The predicted molar refractivity (Wildman–Crippen MR) is 77.6 cm³/mol. The summed E-state index contributed by atoms with van der Waals surface area (Å²) in [5.74, 6) is -2.38. The van der Waals surface area contributed by atoms with Crippen molar-refractivity contribution in [2.45, 2.75) is 69.5 Å². The van der Waals surface area contributed by atoms with Gasteiger partial charge in [-0.3, -0.25) is 4.18 Å². The molecular weight excluding hydrogens is 373 g/mol. The molecule has 25 heavy (non-hydrogen) atoms. The van der Waals surface area contributed by atoms with E-state index in [-0.39, 0.29) is 19.6 Å². The van der Waals surface area contributed by atoms with Crippen molar-refractivity contribution in [1.82, 2.24) is 0 Å². The van der Waals surface area contributed by atoms with Crippen LogP contribution in [0.2, 0.25) is 0 Å². The summed E-state index contributed by atoms with van der Waals surface area (Å²) in [5.41, 5.74) is -5.45. The van der Waals surface area contributed by atoms with Crippen molar-refractivity contribution in [2.75, 3.05) is 13.2 Å². The molecule has 2 rings (SSSR count). The maximum absolute atomic E-state index is 12.3. The molecule has 0 aliphatic carbocycles. The van der Waals surface area contributed by atoms with E-state index < -0.39 is 45.5 Å². The maximum atomic E-state index is 12.3. The van der Waals surface area contributed by atoms with E-state index in [1.807, 2.05) is 0 Å². The molecule has 2 heterocycles. The van der Waals surface area contributed by atoms with Gasteiger partial charge < -0.3 is 24.4 Å². The Kier molecular flexibility index (Phi) is 6.87. The molecule has 2 aliphatic heterocycles. The first-order valence-electron chi connectivity index (χ1n) is 7.39. The Bertz CT molecular complexity index is 534. The average molecular weight is 396 g/mol. The van der Waals surface area contributed by atoms with E-state index in [0.29, 0.717) is 0 Å². The van der Waals surface area contributed by atoms with Gasteiger partial charge in [-0.2, -0.15) is 21.6 Å². The molecule has 2 saturated heterocycles. The zero-order valence-corrected chi connectivity index (χ0v) is 15.1. The summed E-state index contributed by atoms with van der Waals surface area (Å²) in [6, 6.07) is 0. The molecule has 0 bridgehead atoms. The molecule has 0 aromatic carbocycles. The Balaban J connectivity index is 0.000000550. The highest BCUT2D eigenvalue weighted by atomic mass is 32.2. The number of aliphatic hydroxyl groups is 2. The van der Waals surface area contributed by atoms with E-state index in [4.69, 9.17) is 24.4 Å². The van der Waals surface area contributed by atoms with E-state index in [1.54, 1.807) is 13.8 Å². The third-order valence-corrected chi connectivity index (χ3v) is 4.08. The van der Waals surface area contributed by atoms with Crippen LogP contribution in [0.4, 0.5) is 13.2 Å². The Morgan fingerprint density at radius 2 is 1.72 bits per heavy atom. The first-order chi connectivity index (χ1) is 11.0. The first kappa shape index (κ1) is 22.5. The fourth-order valence-electron chi connectivity index (χ4n) is 2.14. The van der Waals surface area contributed by atoms with E-state index in [9.17, 15) is 21.6 Å². The van der Waals surface area contributed by atoms with Crippen LogP contribution in [0.25, 0.3) is 0 Å². The van der Waals surface area contributed by atoms with Crippen LogP contribution in [0, 0.1) is 0 Å². The highest BCUT2D eigenvalue weighted by Crippen LogP contribution is 2.34. The molecular formula is C13H23F3O8S. The third kappa shape index (κ3) is 7.33. The maximum Gasteiger partial charge on any atom is 0.523 e. The number of ether oxygens (including phenoxy) is 3. The molecule has 0 aromatic heterocycles. The van der Waals surface area contributed by atoms with Crippen molar-refractivity contribution in [1.29, 1.82) is 0 Å². The molecule has 2 fully saturated rings. The van der Waals surface area contributed by atoms with Gasteiger partial charge in [0.1, 0.15) is 18.3 Å². The van der Waals surface area contributed by atoms with Crippen LogP contribution in [-0.4, -0.2) is 67.2 Å². The van der Waals surface area contributed by atoms with Gasteiger partial charge in [0.25, 0.3) is 0 Å². The second-order valence-electron chi connectivity index (χ2n) is 6.52. The predicted octanol–water partition coefficient (Wildman–Crippen LogP) is 0.869. The monoisotopic (exact) mass is 396 g/mol. The number of halogens is 3. The third-order valence-electron chi connectivity index (χ3n) is 3.01. The van der Waals surface area contributed by atoms with Gasteiger partial charge in [0.2, 0.25) is 0 Å². The van der Waals surface area contributed by atoms with Crippen LogP contribution in [0.3, 0.4) is 0 Å². The second kappa shape index (κ2) is 7.62. The average Bonchev–Trinajstić information content (AvgIpc) is 2.91. The topological polar surface area (TPSA) is 112 Å². The molecule has 0 aromatic rings. The smallest absolute Gasteiger partial charge is 0.373 e. The minimum atomic E-state index is -5.65. The van der Waals surface area contributed by atoms with Gasteiger partial charge in [0.15, 0.2) is 11.6 Å². The van der Waals surface area contributed by atoms with E-state index in [2.05, 4.69) is 4.18 Å². The fraction of sp³-hybridized carbons (Fsp3) is 1.00. The van der Waals surface area contributed by atoms with Crippen LogP contribution >= 0.6 is 0 Å². The number of hydrogen-bond acceptors (Lipinski definition) is 8. The van der Waals surface area contributed by atoms with Crippen LogP contribution in [0.1, 0.15) is 34.1 Å². The lowest BCUT2D eigenvalue weighted by atomic mass is 10.1. The van der Waals surface area contributed by atoms with E-state index >= 15 is 0 Å². The largest absolute Gasteiger partial charge is 0.523 e. The van der Waals surface area contributed by atoms with Crippen LogP contribution in [0.5, 0.6) is 0 Å². The van der Waals surface area contributed by atoms with E-state index in [1.165, 1.54) is 13.8 Å². The summed E-state index contributed by atoms with van der Waals surface area (Å²) in [4.78, 5) is 0. The quantitative estimate of drug-likeness (QED) is 0.411. The van der Waals surface area contributed by atoms with Crippen LogP contribution < -0.4 is 0 Å². The molecule has 0 saturated carbocycles. The Morgan fingerprint density at radius 3 is 2.12 bits per heavy atom. The van der Waals surface area contributed by atoms with Crippen LogP contribution in [-0.2, 0) is 28.5 Å². The highest BCUT2D eigenvalue weighted by molar-refractivity contribution is 7.87. The summed E-state index contributed by atoms with van der Waals surface area (Å²) in [5, 5.41) is 16.2. The Hall–Kier alpha value is -0.500.